The van der Waals surface area contributed by atoms with Crippen molar-refractivity contribution in [2.45, 2.75) is 25.0 Å². The summed E-state index contributed by atoms with van der Waals surface area (Å²) in [6.07, 6.45) is 2.08. The molecule has 0 amide bonds. The third-order valence-corrected chi connectivity index (χ3v) is 5.86. The number of epoxide rings is 1. The van der Waals surface area contributed by atoms with Gasteiger partial charge in [0, 0.05) is 15.7 Å². The molecule has 180 valence electrons. The van der Waals surface area contributed by atoms with Crippen LogP contribution in [0.25, 0.3) is 0 Å². The van der Waals surface area contributed by atoms with Crippen molar-refractivity contribution in [3.8, 4) is 5.75 Å². The summed E-state index contributed by atoms with van der Waals surface area (Å²) >= 11 is 6.41. The van der Waals surface area contributed by atoms with Gasteiger partial charge in [0.15, 0.2) is 5.60 Å². The fourth-order valence-corrected chi connectivity index (χ4v) is 4.07. The second kappa shape index (κ2) is 10.7. The number of nitrogens with zero attached hydrogens (tertiary/aromatic N) is 3. The fraction of sp³-hybridized carbons (Fsp3) is 0.160. The number of rotatable bonds is 7. The lowest BCUT2D eigenvalue weighted by Crippen LogP contribution is -3.00. The van der Waals surface area contributed by atoms with Crippen LogP contribution in [-0.4, -0.2) is 15.9 Å². The zero-order chi connectivity index (χ0) is 23.5. The molecule has 1 aliphatic rings. The van der Waals surface area contributed by atoms with Gasteiger partial charge >= 0.3 is 6.16 Å². The van der Waals surface area contributed by atoms with Gasteiger partial charge in [0.05, 0.1) is 0 Å². The molecule has 1 aliphatic heterocycles. The van der Waals surface area contributed by atoms with Crippen molar-refractivity contribution in [1.82, 2.24) is 9.78 Å². The van der Waals surface area contributed by atoms with E-state index in [1.807, 2.05) is 30.3 Å². The molecule has 4 aromatic rings. The number of carbonyl (C=O) groups excluding carboxylic acids is 1. The first-order valence-electron chi connectivity index (χ1n) is 10.5. The van der Waals surface area contributed by atoms with Crippen molar-refractivity contribution < 1.29 is 51.9 Å². The summed E-state index contributed by atoms with van der Waals surface area (Å²) in [6, 6.07) is 22.3. The van der Waals surface area contributed by atoms with E-state index in [2.05, 4.69) is 5.10 Å². The lowest BCUT2D eigenvalue weighted by molar-refractivity contribution is -0.728. The molecular weight excluding hydrogens is 588 g/mol. The maximum atomic E-state index is 13.6. The van der Waals surface area contributed by atoms with Gasteiger partial charge in [-0.25, -0.2) is 13.8 Å². The number of ether oxygens (including phenoxy) is 3. The van der Waals surface area contributed by atoms with Crippen LogP contribution < -0.4 is 33.3 Å². The first kappa shape index (κ1) is 25.1. The molecule has 0 saturated carbocycles. The van der Waals surface area contributed by atoms with Crippen molar-refractivity contribution in [3.63, 3.8) is 0 Å². The number of hydrogen-bond donors (Lipinski definition) is 0. The summed E-state index contributed by atoms with van der Waals surface area (Å²) < 4.78 is 33.3. The van der Waals surface area contributed by atoms with E-state index in [0.29, 0.717) is 17.3 Å². The lowest BCUT2D eigenvalue weighted by Gasteiger charge is -2.11. The van der Waals surface area contributed by atoms with Crippen LogP contribution in [0.4, 0.5) is 9.18 Å². The van der Waals surface area contributed by atoms with E-state index in [9.17, 15) is 9.18 Å². The molecule has 7 nitrogen and oxygen atoms in total. The smallest absolute Gasteiger partial charge is 0.516 e. The number of carbonyl (C=O) groups is 1. The molecule has 2 unspecified atom stereocenters. The highest BCUT2D eigenvalue weighted by Gasteiger charge is 2.61. The fourth-order valence-electron chi connectivity index (χ4n) is 3.84. The summed E-state index contributed by atoms with van der Waals surface area (Å²) in [5.74, 6) is 0.0660. The van der Waals surface area contributed by atoms with Crippen molar-refractivity contribution in [2.75, 3.05) is 0 Å². The molecule has 0 radical (unpaired) electrons. The second-order valence-electron chi connectivity index (χ2n) is 7.81. The van der Waals surface area contributed by atoms with E-state index in [4.69, 9.17) is 25.8 Å². The van der Waals surface area contributed by atoms with Gasteiger partial charge < -0.3 is 38.2 Å². The number of benzene rings is 3. The Balaban J connectivity index is 0.00000289. The molecule has 5 rings (SSSR count). The quantitative estimate of drug-likeness (QED) is 0.105. The number of hydrogen-bond acceptors (Lipinski definition) is 5. The Morgan fingerprint density at radius 1 is 1.09 bits per heavy atom. The minimum absolute atomic E-state index is 0. The van der Waals surface area contributed by atoms with Crippen molar-refractivity contribution in [1.29, 1.82) is 0 Å². The minimum atomic E-state index is -0.821. The normalized spacial score (nSPS) is 18.4. The van der Waals surface area contributed by atoms with Crippen LogP contribution in [0.1, 0.15) is 17.2 Å². The molecule has 2 heterocycles. The van der Waals surface area contributed by atoms with Crippen LogP contribution >= 0.6 is 11.6 Å². The summed E-state index contributed by atoms with van der Waals surface area (Å²) in [7, 11) is 0. The summed E-state index contributed by atoms with van der Waals surface area (Å²) in [5.41, 5.74) is 0.888. The topological polar surface area (TPSA) is 69.8 Å². The molecule has 1 saturated heterocycles. The average Bonchev–Trinajstić information content (AvgIpc) is 3.38. The van der Waals surface area contributed by atoms with Crippen LogP contribution in [0, 0.1) is 5.82 Å². The van der Waals surface area contributed by atoms with Gasteiger partial charge in [0.1, 0.15) is 24.2 Å². The zero-order valence-electron chi connectivity index (χ0n) is 18.3. The molecular formula is C25H20ClFIN3O4. The first-order valence-corrected chi connectivity index (χ1v) is 10.9. The second-order valence-corrected chi connectivity index (χ2v) is 8.22. The van der Waals surface area contributed by atoms with Gasteiger partial charge in [0.2, 0.25) is 13.1 Å². The largest absolute Gasteiger partial charge is 1.00 e. The number of para-hydroxylation sites is 1. The van der Waals surface area contributed by atoms with E-state index in [-0.39, 0.29) is 42.6 Å². The first-order chi connectivity index (χ1) is 16.5. The Kier molecular flexibility index (Phi) is 7.68. The molecule has 0 bridgehead atoms. The summed E-state index contributed by atoms with van der Waals surface area (Å²) in [4.78, 5) is 11.9. The van der Waals surface area contributed by atoms with E-state index in [1.165, 1.54) is 18.5 Å². The van der Waals surface area contributed by atoms with Gasteiger partial charge in [-0.05, 0) is 35.9 Å². The Bertz CT molecular complexity index is 1310. The molecule has 10 heteroatoms. The monoisotopic (exact) mass is 607 g/mol. The SMILES string of the molecule is O=C(OC[n+]1cnn(CC2(c3ccc(F)cc3)OC2c2ccccc2Cl)c1)Oc1ccccc1.[I-]. The predicted octanol–water partition coefficient (Wildman–Crippen LogP) is 1.81. The predicted molar refractivity (Wildman–Crippen MR) is 119 cm³/mol. The van der Waals surface area contributed by atoms with Crippen molar-refractivity contribution in [2.24, 2.45) is 0 Å². The zero-order valence-corrected chi connectivity index (χ0v) is 21.2. The molecule has 2 atom stereocenters. The Labute approximate surface area is 223 Å². The van der Waals surface area contributed by atoms with E-state index >= 15 is 0 Å². The van der Waals surface area contributed by atoms with Gasteiger partial charge in [0.25, 0.3) is 6.33 Å². The van der Waals surface area contributed by atoms with Crippen LogP contribution in [-0.2, 0) is 28.4 Å². The molecule has 35 heavy (non-hydrogen) atoms. The van der Waals surface area contributed by atoms with Crippen molar-refractivity contribution in [3.05, 3.63) is 113 Å². The Morgan fingerprint density at radius 2 is 1.80 bits per heavy atom. The van der Waals surface area contributed by atoms with E-state index in [1.54, 1.807) is 52.0 Å². The van der Waals surface area contributed by atoms with Crippen LogP contribution in [0.3, 0.4) is 0 Å². The highest BCUT2D eigenvalue weighted by Crippen LogP contribution is 2.59. The molecule has 1 fully saturated rings. The molecule has 3 aromatic carbocycles. The third-order valence-electron chi connectivity index (χ3n) is 5.52. The average molecular weight is 608 g/mol. The standard InChI is InChI=1S/C25H20ClFN3O4.HI/c26-22-9-5-4-8-21(22)23-25(34-23,18-10-12-19(27)13-11-18)14-30-16-29(15-28-30)17-32-24(31)33-20-6-2-1-3-7-20;/h1-13,15-16,23H,14,17H2;1H/q+1;/p-1. The third kappa shape index (κ3) is 5.63. The minimum Gasteiger partial charge on any atom is -1.00 e. The lowest BCUT2D eigenvalue weighted by atomic mass is 9.91. The van der Waals surface area contributed by atoms with Gasteiger partial charge in [-0.2, -0.15) is 0 Å². The van der Waals surface area contributed by atoms with Gasteiger partial charge in [-0.3, -0.25) is 0 Å². The molecule has 0 spiro atoms. The maximum Gasteiger partial charge on any atom is 0.516 e. The van der Waals surface area contributed by atoms with Crippen molar-refractivity contribution >= 4 is 17.8 Å². The van der Waals surface area contributed by atoms with Crippen LogP contribution in [0.2, 0.25) is 5.02 Å². The number of aromatic nitrogens is 3. The maximum absolute atomic E-state index is 13.6. The highest BCUT2D eigenvalue weighted by molar-refractivity contribution is 6.31. The highest BCUT2D eigenvalue weighted by atomic mass is 127. The number of halogens is 3. The summed E-state index contributed by atoms with van der Waals surface area (Å²) in [6.45, 7) is 0.264. The Morgan fingerprint density at radius 3 is 2.54 bits per heavy atom. The summed E-state index contributed by atoms with van der Waals surface area (Å²) in [5, 5.41) is 4.95. The Hall–Kier alpha value is -3.02. The van der Waals surface area contributed by atoms with E-state index in [0.717, 1.165) is 11.1 Å². The van der Waals surface area contributed by atoms with Crippen LogP contribution in [0.15, 0.2) is 91.5 Å². The van der Waals surface area contributed by atoms with Gasteiger partial charge in [-0.1, -0.05) is 60.1 Å². The molecule has 1 aromatic heterocycles. The van der Waals surface area contributed by atoms with E-state index < -0.39 is 11.8 Å². The molecule has 0 N–H and O–H groups in total. The molecule has 0 aliphatic carbocycles. The van der Waals surface area contributed by atoms with Crippen LogP contribution in [0.5, 0.6) is 5.75 Å². The van der Waals surface area contributed by atoms with Gasteiger partial charge in [-0.15, -0.1) is 4.68 Å².